The number of hydrogen-bond donors (Lipinski definition) is 0. The van der Waals surface area contributed by atoms with Crippen LogP contribution in [0.2, 0.25) is 0 Å². The molecule has 0 N–H and O–H groups in total. The van der Waals surface area contributed by atoms with Gasteiger partial charge >= 0.3 is 0 Å². The van der Waals surface area contributed by atoms with E-state index < -0.39 is 0 Å². The molecule has 1 rings (SSSR count). The number of alkyl halides is 1. The lowest BCUT2D eigenvalue weighted by Crippen LogP contribution is -2.05. The second-order valence-corrected chi connectivity index (χ2v) is 5.19. The molecule has 0 aromatic heterocycles. The summed E-state index contributed by atoms with van der Waals surface area (Å²) in [6.45, 7) is 6.59. The summed E-state index contributed by atoms with van der Waals surface area (Å²) < 4.78 is 5.28. The monoisotopic (exact) mass is 284 g/mol. The minimum absolute atomic E-state index is 0.451. The number of halogens is 1. The van der Waals surface area contributed by atoms with E-state index >= 15 is 0 Å². The topological polar surface area (TPSA) is 9.23 Å². The Balaban J connectivity index is 2.91. The largest absolute Gasteiger partial charge is 0.496 e. The smallest absolute Gasteiger partial charge is 0.121 e. The summed E-state index contributed by atoms with van der Waals surface area (Å²) in [4.78, 5) is 0.451. The Morgan fingerprint density at radius 3 is 2.31 bits per heavy atom. The van der Waals surface area contributed by atoms with E-state index in [0.717, 1.165) is 5.75 Å². The van der Waals surface area contributed by atoms with E-state index in [-0.39, 0.29) is 0 Å². The zero-order chi connectivity index (χ0) is 12.1. The van der Waals surface area contributed by atoms with Crippen LogP contribution < -0.4 is 4.74 Å². The van der Waals surface area contributed by atoms with Gasteiger partial charge in [-0.05, 0) is 30.0 Å². The van der Waals surface area contributed by atoms with Crippen LogP contribution >= 0.6 is 15.9 Å². The SMILES string of the molecule is CCC(CC)C(Br)c1ccc(OC)c(C)c1. The van der Waals surface area contributed by atoms with Gasteiger partial charge in [0, 0.05) is 4.83 Å². The van der Waals surface area contributed by atoms with Gasteiger partial charge in [-0.15, -0.1) is 0 Å². The Kier molecular flexibility index (Phi) is 5.33. The quantitative estimate of drug-likeness (QED) is 0.701. The molecule has 16 heavy (non-hydrogen) atoms. The molecule has 0 saturated heterocycles. The number of ether oxygens (including phenoxy) is 1. The average Bonchev–Trinajstić information content (AvgIpc) is 2.30. The Hall–Kier alpha value is -0.500. The van der Waals surface area contributed by atoms with Gasteiger partial charge in [-0.2, -0.15) is 0 Å². The van der Waals surface area contributed by atoms with E-state index in [1.807, 2.05) is 0 Å². The number of methoxy groups -OCH3 is 1. The number of hydrogen-bond acceptors (Lipinski definition) is 1. The van der Waals surface area contributed by atoms with Gasteiger partial charge in [0.15, 0.2) is 0 Å². The molecule has 0 radical (unpaired) electrons. The van der Waals surface area contributed by atoms with E-state index in [1.165, 1.54) is 24.0 Å². The molecule has 0 spiro atoms. The van der Waals surface area contributed by atoms with Crippen LogP contribution in [0.25, 0.3) is 0 Å². The van der Waals surface area contributed by atoms with Gasteiger partial charge in [-0.3, -0.25) is 0 Å². The first kappa shape index (κ1) is 13.6. The first-order chi connectivity index (χ1) is 7.63. The molecule has 2 heteroatoms. The minimum atomic E-state index is 0.451. The normalized spacial score (nSPS) is 12.9. The Morgan fingerprint density at radius 1 is 1.25 bits per heavy atom. The van der Waals surface area contributed by atoms with Crippen LogP contribution in [0.3, 0.4) is 0 Å². The van der Waals surface area contributed by atoms with Crippen LogP contribution in [0.4, 0.5) is 0 Å². The minimum Gasteiger partial charge on any atom is -0.496 e. The molecule has 1 unspecified atom stereocenters. The molecule has 0 amide bonds. The lowest BCUT2D eigenvalue weighted by atomic mass is 9.93. The fourth-order valence-corrected chi connectivity index (χ4v) is 3.08. The van der Waals surface area contributed by atoms with Crippen molar-refractivity contribution in [3.8, 4) is 5.75 Å². The van der Waals surface area contributed by atoms with Crippen molar-refractivity contribution >= 4 is 15.9 Å². The number of rotatable bonds is 5. The third-order valence-corrected chi connectivity index (χ3v) is 4.48. The fourth-order valence-electron chi connectivity index (χ4n) is 2.05. The van der Waals surface area contributed by atoms with E-state index in [2.05, 4.69) is 54.9 Å². The molecule has 0 aliphatic heterocycles. The zero-order valence-corrected chi connectivity index (χ0v) is 12.2. The lowest BCUT2D eigenvalue weighted by molar-refractivity contribution is 0.411. The summed E-state index contributed by atoms with van der Waals surface area (Å²) in [5, 5.41) is 0. The van der Waals surface area contributed by atoms with Crippen molar-refractivity contribution in [2.24, 2.45) is 5.92 Å². The van der Waals surface area contributed by atoms with Crippen molar-refractivity contribution in [3.05, 3.63) is 29.3 Å². The highest BCUT2D eigenvalue weighted by atomic mass is 79.9. The summed E-state index contributed by atoms with van der Waals surface area (Å²) in [6.07, 6.45) is 2.41. The van der Waals surface area contributed by atoms with E-state index in [0.29, 0.717) is 10.7 Å². The molecule has 0 aliphatic carbocycles. The van der Waals surface area contributed by atoms with Crippen LogP contribution in [0, 0.1) is 12.8 Å². The molecule has 90 valence electrons. The third-order valence-electron chi connectivity index (χ3n) is 3.20. The van der Waals surface area contributed by atoms with Gasteiger partial charge in [0.1, 0.15) is 5.75 Å². The summed E-state index contributed by atoms with van der Waals surface area (Å²) in [5.74, 6) is 1.67. The molecule has 0 aliphatic rings. The summed E-state index contributed by atoms with van der Waals surface area (Å²) >= 11 is 3.81. The maximum Gasteiger partial charge on any atom is 0.121 e. The maximum atomic E-state index is 5.28. The van der Waals surface area contributed by atoms with Crippen LogP contribution in [-0.2, 0) is 0 Å². The van der Waals surface area contributed by atoms with E-state index in [9.17, 15) is 0 Å². The molecule has 0 bridgehead atoms. The highest BCUT2D eigenvalue weighted by Crippen LogP contribution is 2.36. The van der Waals surface area contributed by atoms with Gasteiger partial charge in [-0.25, -0.2) is 0 Å². The first-order valence-corrected chi connectivity index (χ1v) is 6.84. The van der Waals surface area contributed by atoms with Crippen LogP contribution in [0.5, 0.6) is 5.75 Å². The molecule has 1 nitrogen and oxygen atoms in total. The lowest BCUT2D eigenvalue weighted by Gasteiger charge is -2.20. The van der Waals surface area contributed by atoms with Crippen molar-refractivity contribution in [1.29, 1.82) is 0 Å². The van der Waals surface area contributed by atoms with Gasteiger partial charge < -0.3 is 4.74 Å². The van der Waals surface area contributed by atoms with Crippen molar-refractivity contribution in [2.45, 2.75) is 38.4 Å². The Bertz CT molecular complexity index is 332. The fraction of sp³-hybridized carbons (Fsp3) is 0.571. The number of benzene rings is 1. The molecule has 0 saturated carbocycles. The number of aryl methyl sites for hydroxylation is 1. The Labute approximate surface area is 107 Å². The molecule has 0 heterocycles. The molecule has 0 fully saturated rings. The van der Waals surface area contributed by atoms with Gasteiger partial charge in [0.25, 0.3) is 0 Å². The first-order valence-electron chi connectivity index (χ1n) is 5.92. The second-order valence-electron chi connectivity index (χ2n) is 4.21. The summed E-state index contributed by atoms with van der Waals surface area (Å²) in [5.41, 5.74) is 2.56. The Morgan fingerprint density at radius 2 is 1.88 bits per heavy atom. The van der Waals surface area contributed by atoms with Crippen molar-refractivity contribution in [3.63, 3.8) is 0 Å². The van der Waals surface area contributed by atoms with E-state index in [1.54, 1.807) is 7.11 Å². The van der Waals surface area contributed by atoms with Crippen LogP contribution in [-0.4, -0.2) is 7.11 Å². The molecule has 1 atom stereocenters. The standard InChI is InChI=1S/C14H21BrO/c1-5-11(6-2)14(15)12-7-8-13(16-4)10(3)9-12/h7-9,11,14H,5-6H2,1-4H3. The average molecular weight is 285 g/mol. The third kappa shape index (κ3) is 3.00. The molecular weight excluding hydrogens is 264 g/mol. The van der Waals surface area contributed by atoms with Gasteiger partial charge in [0.05, 0.1) is 7.11 Å². The highest BCUT2D eigenvalue weighted by Gasteiger charge is 2.17. The zero-order valence-electron chi connectivity index (χ0n) is 10.6. The van der Waals surface area contributed by atoms with E-state index in [4.69, 9.17) is 4.74 Å². The highest BCUT2D eigenvalue weighted by molar-refractivity contribution is 9.09. The molecule has 1 aromatic carbocycles. The van der Waals surface area contributed by atoms with Crippen molar-refractivity contribution in [1.82, 2.24) is 0 Å². The van der Waals surface area contributed by atoms with Crippen molar-refractivity contribution in [2.75, 3.05) is 7.11 Å². The predicted octanol–water partition coefficient (Wildman–Crippen LogP) is 4.88. The van der Waals surface area contributed by atoms with Crippen LogP contribution in [0.15, 0.2) is 18.2 Å². The maximum absolute atomic E-state index is 5.28. The summed E-state index contributed by atoms with van der Waals surface area (Å²) in [6, 6.07) is 6.43. The van der Waals surface area contributed by atoms with Gasteiger partial charge in [-0.1, -0.05) is 54.8 Å². The van der Waals surface area contributed by atoms with Crippen LogP contribution in [0.1, 0.15) is 42.6 Å². The van der Waals surface area contributed by atoms with Gasteiger partial charge in [0.2, 0.25) is 0 Å². The molecule has 1 aromatic rings. The predicted molar refractivity (Wildman–Crippen MR) is 73.5 cm³/mol. The second kappa shape index (κ2) is 6.29. The summed E-state index contributed by atoms with van der Waals surface area (Å²) in [7, 11) is 1.72. The van der Waals surface area contributed by atoms with Crippen molar-refractivity contribution < 1.29 is 4.74 Å². The molecular formula is C14H21BrO.